The van der Waals surface area contributed by atoms with Crippen LogP contribution >= 0.6 is 0 Å². The number of nitrogens with zero attached hydrogens (tertiary/aromatic N) is 3. The van der Waals surface area contributed by atoms with Gasteiger partial charge in [-0.3, -0.25) is 4.90 Å². The minimum atomic E-state index is 0.528. The first kappa shape index (κ1) is 15.0. The third-order valence-electron chi connectivity index (χ3n) is 3.90. The van der Waals surface area contributed by atoms with Gasteiger partial charge in [-0.1, -0.05) is 6.42 Å². The largest absolute Gasteiger partial charge is 0.478 e. The van der Waals surface area contributed by atoms with E-state index in [2.05, 4.69) is 27.1 Å². The molecule has 1 atom stereocenters. The molecule has 20 heavy (non-hydrogen) atoms. The number of hydrogen-bond acceptors (Lipinski definition) is 5. The first-order valence-corrected chi connectivity index (χ1v) is 7.64. The molecule has 112 valence electrons. The summed E-state index contributed by atoms with van der Waals surface area (Å²) < 4.78 is 5.50. The fourth-order valence-corrected chi connectivity index (χ4v) is 2.63. The van der Waals surface area contributed by atoms with Crippen molar-refractivity contribution in [3.8, 4) is 5.88 Å². The van der Waals surface area contributed by atoms with E-state index < -0.39 is 0 Å². The zero-order valence-electron chi connectivity index (χ0n) is 12.9. The van der Waals surface area contributed by atoms with Gasteiger partial charge in [-0.2, -0.15) is 0 Å². The molecule has 0 amide bonds. The Morgan fingerprint density at radius 2 is 2.05 bits per heavy atom. The second kappa shape index (κ2) is 7.43. The first-order valence-electron chi connectivity index (χ1n) is 7.64. The number of ether oxygens (including phenoxy) is 1. The van der Waals surface area contributed by atoms with Gasteiger partial charge in [0.25, 0.3) is 0 Å². The van der Waals surface area contributed by atoms with E-state index in [0.29, 0.717) is 18.5 Å². The zero-order valence-corrected chi connectivity index (χ0v) is 12.9. The van der Waals surface area contributed by atoms with Crippen molar-refractivity contribution >= 4 is 5.82 Å². The van der Waals surface area contributed by atoms with Gasteiger partial charge in [0.2, 0.25) is 5.88 Å². The molecule has 0 saturated carbocycles. The number of piperidine rings is 1. The van der Waals surface area contributed by atoms with E-state index in [-0.39, 0.29) is 0 Å². The van der Waals surface area contributed by atoms with Gasteiger partial charge in [-0.15, -0.1) is 0 Å². The SMILES string of the molecule is CCOc1ncnc(NCC(C)N2CCCCC2)c1C. The van der Waals surface area contributed by atoms with Crippen molar-refractivity contribution in [3.05, 3.63) is 11.9 Å². The predicted molar refractivity (Wildman–Crippen MR) is 81.3 cm³/mol. The number of hydrogen-bond donors (Lipinski definition) is 1. The topological polar surface area (TPSA) is 50.3 Å². The normalized spacial score (nSPS) is 17.8. The summed E-state index contributed by atoms with van der Waals surface area (Å²) in [6.45, 7) is 10.2. The maximum Gasteiger partial charge on any atom is 0.221 e. The Bertz CT molecular complexity index is 418. The lowest BCUT2D eigenvalue weighted by Gasteiger charge is -2.32. The molecule has 1 aliphatic heterocycles. The smallest absolute Gasteiger partial charge is 0.221 e. The molecule has 2 heterocycles. The van der Waals surface area contributed by atoms with E-state index in [0.717, 1.165) is 17.9 Å². The number of nitrogens with one attached hydrogen (secondary N) is 1. The van der Waals surface area contributed by atoms with Gasteiger partial charge < -0.3 is 10.1 Å². The average molecular weight is 278 g/mol. The quantitative estimate of drug-likeness (QED) is 0.866. The second-order valence-corrected chi connectivity index (χ2v) is 5.41. The summed E-state index contributed by atoms with van der Waals surface area (Å²) >= 11 is 0. The molecular formula is C15H26N4O. The van der Waals surface area contributed by atoms with E-state index in [4.69, 9.17) is 4.74 Å². The Morgan fingerprint density at radius 1 is 1.30 bits per heavy atom. The molecule has 1 aromatic rings. The van der Waals surface area contributed by atoms with Crippen LogP contribution in [0.3, 0.4) is 0 Å². The molecule has 1 aliphatic rings. The van der Waals surface area contributed by atoms with Gasteiger partial charge in [0.05, 0.1) is 12.2 Å². The van der Waals surface area contributed by atoms with Crippen molar-refractivity contribution in [2.75, 3.05) is 31.6 Å². The Hall–Kier alpha value is -1.36. The van der Waals surface area contributed by atoms with Crippen LogP contribution in [0.25, 0.3) is 0 Å². The summed E-state index contributed by atoms with van der Waals surface area (Å²) in [5.41, 5.74) is 0.986. The molecule has 1 aromatic heterocycles. The fourth-order valence-electron chi connectivity index (χ4n) is 2.63. The van der Waals surface area contributed by atoms with Crippen LogP contribution in [0.4, 0.5) is 5.82 Å². The molecule has 0 spiro atoms. The molecule has 1 saturated heterocycles. The summed E-state index contributed by atoms with van der Waals surface area (Å²) in [7, 11) is 0. The minimum Gasteiger partial charge on any atom is -0.478 e. The van der Waals surface area contributed by atoms with Gasteiger partial charge in [-0.05, 0) is 46.7 Å². The van der Waals surface area contributed by atoms with Crippen molar-refractivity contribution in [3.63, 3.8) is 0 Å². The van der Waals surface area contributed by atoms with Crippen LogP contribution in [0.15, 0.2) is 6.33 Å². The van der Waals surface area contributed by atoms with Crippen molar-refractivity contribution in [1.82, 2.24) is 14.9 Å². The summed E-state index contributed by atoms with van der Waals surface area (Å²) in [5.74, 6) is 1.56. The van der Waals surface area contributed by atoms with Crippen LogP contribution in [0.5, 0.6) is 5.88 Å². The number of rotatable bonds is 6. The Kier molecular flexibility index (Phi) is 5.59. The zero-order chi connectivity index (χ0) is 14.4. The molecule has 1 N–H and O–H groups in total. The molecule has 5 heteroatoms. The highest BCUT2D eigenvalue weighted by Gasteiger charge is 2.17. The van der Waals surface area contributed by atoms with Crippen molar-refractivity contribution < 1.29 is 4.74 Å². The monoisotopic (exact) mass is 278 g/mol. The first-order chi connectivity index (χ1) is 9.72. The standard InChI is InChI=1S/C15H26N4O/c1-4-20-15-13(3)14(17-11-18-15)16-10-12(2)19-8-6-5-7-9-19/h11-12H,4-10H2,1-3H3,(H,16,17,18). The van der Waals surface area contributed by atoms with Crippen LogP contribution in [-0.4, -0.2) is 47.2 Å². The van der Waals surface area contributed by atoms with Gasteiger partial charge in [0.1, 0.15) is 12.1 Å². The van der Waals surface area contributed by atoms with Gasteiger partial charge >= 0.3 is 0 Å². The fraction of sp³-hybridized carbons (Fsp3) is 0.733. The van der Waals surface area contributed by atoms with Gasteiger partial charge in [0, 0.05) is 12.6 Å². The summed E-state index contributed by atoms with van der Waals surface area (Å²) in [5, 5.41) is 3.44. The molecule has 1 unspecified atom stereocenters. The van der Waals surface area contributed by atoms with E-state index in [9.17, 15) is 0 Å². The summed E-state index contributed by atoms with van der Waals surface area (Å²) in [4.78, 5) is 11.0. The lowest BCUT2D eigenvalue weighted by atomic mass is 10.1. The maximum atomic E-state index is 5.50. The van der Waals surface area contributed by atoms with Gasteiger partial charge in [-0.25, -0.2) is 9.97 Å². The molecule has 0 aliphatic carbocycles. The van der Waals surface area contributed by atoms with E-state index in [1.165, 1.54) is 32.4 Å². The summed E-state index contributed by atoms with van der Waals surface area (Å²) in [6.07, 6.45) is 5.59. The molecule has 1 fully saturated rings. The van der Waals surface area contributed by atoms with E-state index >= 15 is 0 Å². The highest BCUT2D eigenvalue weighted by molar-refractivity contribution is 5.47. The van der Waals surface area contributed by atoms with Crippen molar-refractivity contribution in [2.45, 2.75) is 46.1 Å². The van der Waals surface area contributed by atoms with Crippen LogP contribution < -0.4 is 10.1 Å². The molecular weight excluding hydrogens is 252 g/mol. The highest BCUT2D eigenvalue weighted by atomic mass is 16.5. The maximum absolute atomic E-state index is 5.50. The average Bonchev–Trinajstić information content (AvgIpc) is 2.49. The third-order valence-corrected chi connectivity index (χ3v) is 3.90. The van der Waals surface area contributed by atoms with E-state index in [1.807, 2.05) is 13.8 Å². The van der Waals surface area contributed by atoms with E-state index in [1.54, 1.807) is 6.33 Å². The second-order valence-electron chi connectivity index (χ2n) is 5.41. The Morgan fingerprint density at radius 3 is 2.75 bits per heavy atom. The predicted octanol–water partition coefficient (Wildman–Crippen LogP) is 2.47. The lowest BCUT2D eigenvalue weighted by molar-refractivity contribution is 0.180. The Labute approximate surface area is 121 Å². The summed E-state index contributed by atoms with van der Waals surface area (Å²) in [6, 6.07) is 0.528. The molecule has 0 bridgehead atoms. The number of aromatic nitrogens is 2. The van der Waals surface area contributed by atoms with Gasteiger partial charge in [0.15, 0.2) is 0 Å². The van der Waals surface area contributed by atoms with Crippen molar-refractivity contribution in [1.29, 1.82) is 0 Å². The van der Waals surface area contributed by atoms with Crippen LogP contribution in [0.1, 0.15) is 38.7 Å². The van der Waals surface area contributed by atoms with Crippen LogP contribution in [-0.2, 0) is 0 Å². The minimum absolute atomic E-state index is 0.528. The van der Waals surface area contributed by atoms with Crippen molar-refractivity contribution in [2.24, 2.45) is 0 Å². The number of likely N-dealkylation sites (tertiary alicyclic amines) is 1. The molecule has 5 nitrogen and oxygen atoms in total. The third kappa shape index (κ3) is 3.82. The van der Waals surface area contributed by atoms with Crippen LogP contribution in [0, 0.1) is 6.92 Å². The van der Waals surface area contributed by atoms with Crippen LogP contribution in [0.2, 0.25) is 0 Å². The molecule has 0 aromatic carbocycles. The lowest BCUT2D eigenvalue weighted by Crippen LogP contribution is -2.41. The highest BCUT2D eigenvalue weighted by Crippen LogP contribution is 2.20. The molecule has 2 rings (SSSR count). The molecule has 0 radical (unpaired) electrons. The number of anilines is 1. The Balaban J connectivity index is 1.91.